The van der Waals surface area contributed by atoms with Gasteiger partial charge in [0.05, 0.1) is 5.02 Å². The Hall–Kier alpha value is -1.15. The monoisotopic (exact) mass is 357 g/mol. The van der Waals surface area contributed by atoms with Crippen molar-refractivity contribution in [1.29, 1.82) is 0 Å². The molecule has 1 aromatic rings. The Balaban J connectivity index is 1.59. The minimum Gasteiger partial charge on any atom is -0.369 e. The molecule has 0 saturated carbocycles. The van der Waals surface area contributed by atoms with Gasteiger partial charge in [0.25, 0.3) is 0 Å². The Labute approximate surface area is 141 Å². The SMILES string of the molecule is NC(=O)C1CCN(C2CN(S(=O)(=O)c3ccccc3Cl)C2)CC1. The van der Waals surface area contributed by atoms with Gasteiger partial charge in [-0.25, -0.2) is 8.42 Å². The molecule has 3 rings (SSSR count). The van der Waals surface area contributed by atoms with Gasteiger partial charge >= 0.3 is 0 Å². The first kappa shape index (κ1) is 16.7. The van der Waals surface area contributed by atoms with Crippen molar-refractivity contribution in [2.45, 2.75) is 23.8 Å². The lowest BCUT2D eigenvalue weighted by Gasteiger charge is -2.46. The number of sulfonamides is 1. The normalized spacial score (nSPS) is 22.0. The third-order valence-electron chi connectivity index (χ3n) is 4.73. The van der Waals surface area contributed by atoms with Crippen LogP contribution in [0.5, 0.6) is 0 Å². The van der Waals surface area contributed by atoms with E-state index in [-0.39, 0.29) is 27.8 Å². The summed E-state index contributed by atoms with van der Waals surface area (Å²) in [6.07, 6.45) is 1.51. The lowest BCUT2D eigenvalue weighted by atomic mass is 9.94. The van der Waals surface area contributed by atoms with Crippen molar-refractivity contribution >= 4 is 27.5 Å². The predicted molar refractivity (Wildman–Crippen MR) is 87.5 cm³/mol. The zero-order chi connectivity index (χ0) is 16.6. The summed E-state index contributed by atoms with van der Waals surface area (Å²) in [5, 5.41) is 0.248. The fourth-order valence-electron chi connectivity index (χ4n) is 3.19. The molecule has 2 N–H and O–H groups in total. The van der Waals surface area contributed by atoms with Crippen LogP contribution in [0.3, 0.4) is 0 Å². The number of likely N-dealkylation sites (tertiary alicyclic amines) is 1. The Morgan fingerprint density at radius 2 is 1.78 bits per heavy atom. The third kappa shape index (κ3) is 3.24. The zero-order valence-corrected chi connectivity index (χ0v) is 14.3. The maximum absolute atomic E-state index is 12.6. The number of carbonyl (C=O) groups excluding carboxylic acids is 1. The molecular weight excluding hydrogens is 338 g/mol. The molecule has 6 nitrogen and oxygen atoms in total. The van der Waals surface area contributed by atoms with Crippen LogP contribution in [-0.4, -0.2) is 55.8 Å². The lowest BCUT2D eigenvalue weighted by molar-refractivity contribution is -0.123. The highest BCUT2D eigenvalue weighted by Gasteiger charge is 2.41. The molecule has 2 saturated heterocycles. The summed E-state index contributed by atoms with van der Waals surface area (Å²) < 4.78 is 26.6. The highest BCUT2D eigenvalue weighted by atomic mass is 35.5. The molecule has 2 aliphatic rings. The minimum absolute atomic E-state index is 0.0470. The molecule has 0 atom stereocenters. The summed E-state index contributed by atoms with van der Waals surface area (Å²) in [6, 6.07) is 6.71. The second kappa shape index (κ2) is 6.39. The van der Waals surface area contributed by atoms with E-state index in [4.69, 9.17) is 17.3 Å². The largest absolute Gasteiger partial charge is 0.369 e. The second-order valence-electron chi connectivity index (χ2n) is 6.12. The Morgan fingerprint density at radius 3 is 2.35 bits per heavy atom. The highest BCUT2D eigenvalue weighted by molar-refractivity contribution is 7.89. The van der Waals surface area contributed by atoms with Crippen molar-refractivity contribution < 1.29 is 13.2 Å². The lowest BCUT2D eigenvalue weighted by Crippen LogP contribution is -2.62. The topological polar surface area (TPSA) is 83.7 Å². The third-order valence-corrected chi connectivity index (χ3v) is 7.06. The van der Waals surface area contributed by atoms with Crippen molar-refractivity contribution in [3.8, 4) is 0 Å². The molecule has 8 heteroatoms. The van der Waals surface area contributed by atoms with Crippen molar-refractivity contribution in [1.82, 2.24) is 9.21 Å². The molecule has 0 unspecified atom stereocenters. The first-order valence-electron chi connectivity index (χ1n) is 7.67. The average molecular weight is 358 g/mol. The van der Waals surface area contributed by atoms with E-state index in [9.17, 15) is 13.2 Å². The number of primary amides is 1. The minimum atomic E-state index is -3.53. The number of nitrogens with zero attached hydrogens (tertiary/aromatic N) is 2. The van der Waals surface area contributed by atoms with Gasteiger partial charge in [-0.3, -0.25) is 9.69 Å². The van der Waals surface area contributed by atoms with E-state index >= 15 is 0 Å². The Kier molecular flexibility index (Phi) is 4.64. The number of benzene rings is 1. The van der Waals surface area contributed by atoms with Gasteiger partial charge in [0.2, 0.25) is 15.9 Å². The van der Waals surface area contributed by atoms with Crippen molar-refractivity contribution in [3.05, 3.63) is 29.3 Å². The molecule has 0 aliphatic carbocycles. The van der Waals surface area contributed by atoms with E-state index in [1.54, 1.807) is 18.2 Å². The first-order chi connectivity index (χ1) is 10.9. The summed E-state index contributed by atoms with van der Waals surface area (Å²) in [6.45, 7) is 2.51. The average Bonchev–Trinajstić information content (AvgIpc) is 2.46. The van der Waals surface area contributed by atoms with Crippen LogP contribution >= 0.6 is 11.6 Å². The summed E-state index contributed by atoms with van der Waals surface area (Å²) in [5.41, 5.74) is 5.34. The number of hydrogen-bond acceptors (Lipinski definition) is 4. The van der Waals surface area contributed by atoms with E-state index in [1.807, 2.05) is 0 Å². The summed E-state index contributed by atoms with van der Waals surface area (Å²) in [7, 11) is -3.53. The van der Waals surface area contributed by atoms with Crippen molar-refractivity contribution in [2.24, 2.45) is 11.7 Å². The summed E-state index contributed by atoms with van der Waals surface area (Å²) in [5.74, 6) is -0.282. The van der Waals surface area contributed by atoms with Crippen LogP contribution in [0.1, 0.15) is 12.8 Å². The molecular formula is C15H20ClN3O3S. The quantitative estimate of drug-likeness (QED) is 0.868. The first-order valence-corrected chi connectivity index (χ1v) is 9.49. The van der Waals surface area contributed by atoms with Gasteiger partial charge in [0.1, 0.15) is 4.90 Å². The van der Waals surface area contributed by atoms with Crippen LogP contribution in [0.15, 0.2) is 29.2 Å². The van der Waals surface area contributed by atoms with Crippen molar-refractivity contribution in [2.75, 3.05) is 26.2 Å². The molecule has 126 valence electrons. The molecule has 1 amide bonds. The number of hydrogen-bond donors (Lipinski definition) is 1. The molecule has 0 aromatic heterocycles. The molecule has 0 radical (unpaired) electrons. The maximum Gasteiger partial charge on any atom is 0.244 e. The number of nitrogens with two attached hydrogens (primary N) is 1. The van der Waals surface area contributed by atoms with Crippen LogP contribution in [0, 0.1) is 5.92 Å². The fraction of sp³-hybridized carbons (Fsp3) is 0.533. The van der Waals surface area contributed by atoms with Gasteiger partial charge in [-0.05, 0) is 38.1 Å². The molecule has 23 heavy (non-hydrogen) atoms. The standard InChI is InChI=1S/C15H20ClN3O3S/c16-13-3-1-2-4-14(13)23(21,22)19-9-12(10-19)18-7-5-11(6-8-18)15(17)20/h1-4,11-12H,5-10H2,(H2,17,20). The predicted octanol–water partition coefficient (Wildman–Crippen LogP) is 0.910. The van der Waals surface area contributed by atoms with Gasteiger partial charge in [-0.2, -0.15) is 4.31 Å². The Morgan fingerprint density at radius 1 is 1.17 bits per heavy atom. The molecule has 2 fully saturated rings. The maximum atomic E-state index is 12.6. The number of amides is 1. The van der Waals surface area contributed by atoms with Gasteiger partial charge in [-0.15, -0.1) is 0 Å². The fourth-order valence-corrected chi connectivity index (χ4v) is 5.19. The van der Waals surface area contributed by atoms with Crippen LogP contribution in [0.2, 0.25) is 5.02 Å². The van der Waals surface area contributed by atoms with E-state index in [0.29, 0.717) is 13.1 Å². The highest BCUT2D eigenvalue weighted by Crippen LogP contribution is 2.30. The molecule has 0 bridgehead atoms. The van der Waals surface area contributed by atoms with Crippen molar-refractivity contribution in [3.63, 3.8) is 0 Å². The Bertz CT molecular complexity index is 696. The van der Waals surface area contributed by atoms with E-state index in [0.717, 1.165) is 25.9 Å². The number of halogens is 1. The molecule has 2 heterocycles. The van der Waals surface area contributed by atoms with Gasteiger partial charge in [-0.1, -0.05) is 23.7 Å². The van der Waals surface area contributed by atoms with Gasteiger partial charge in [0.15, 0.2) is 0 Å². The van der Waals surface area contributed by atoms with E-state index < -0.39 is 10.0 Å². The number of piperidine rings is 1. The van der Waals surface area contributed by atoms with Gasteiger partial charge in [0, 0.05) is 25.0 Å². The van der Waals surface area contributed by atoms with Crippen LogP contribution in [0.25, 0.3) is 0 Å². The summed E-state index contributed by atoms with van der Waals surface area (Å²) in [4.78, 5) is 13.6. The van der Waals surface area contributed by atoms with Gasteiger partial charge < -0.3 is 5.73 Å². The summed E-state index contributed by atoms with van der Waals surface area (Å²) >= 11 is 6.00. The van der Waals surface area contributed by atoms with E-state index in [2.05, 4.69) is 4.90 Å². The number of rotatable bonds is 4. The van der Waals surface area contributed by atoms with E-state index in [1.165, 1.54) is 10.4 Å². The molecule has 1 aromatic carbocycles. The second-order valence-corrected chi connectivity index (χ2v) is 8.43. The smallest absolute Gasteiger partial charge is 0.244 e. The number of carbonyl (C=O) groups is 1. The van der Waals surface area contributed by atoms with Crippen LogP contribution < -0.4 is 5.73 Å². The molecule has 2 aliphatic heterocycles. The molecule has 0 spiro atoms. The van der Waals surface area contributed by atoms with Crippen LogP contribution in [-0.2, 0) is 14.8 Å². The van der Waals surface area contributed by atoms with Crippen LogP contribution in [0.4, 0.5) is 0 Å². The zero-order valence-electron chi connectivity index (χ0n) is 12.7.